The summed E-state index contributed by atoms with van der Waals surface area (Å²) in [4.78, 5) is 4.36. The molecule has 0 amide bonds. The fraction of sp³-hybridized carbons (Fsp3) is 0.562. The third-order valence-corrected chi connectivity index (χ3v) is 3.95. The number of rotatable bonds is 5. The lowest BCUT2D eigenvalue weighted by molar-refractivity contribution is 0.230. The maximum atomic E-state index is 6.06. The van der Waals surface area contributed by atoms with Gasteiger partial charge in [-0.05, 0) is 31.9 Å². The van der Waals surface area contributed by atoms with Crippen molar-refractivity contribution in [2.45, 2.75) is 51.2 Å². The number of nitrogens with one attached hydrogen (secondary N) is 1. The monoisotopic (exact) mass is 309 g/mol. The minimum absolute atomic E-state index is 0.0726. The van der Waals surface area contributed by atoms with Crippen LogP contribution in [0.2, 0.25) is 5.02 Å². The molecule has 1 aromatic carbocycles. The van der Waals surface area contributed by atoms with Gasteiger partial charge in [-0.1, -0.05) is 43.0 Å². The van der Waals surface area contributed by atoms with Crippen LogP contribution in [0.15, 0.2) is 29.3 Å². The van der Waals surface area contributed by atoms with Crippen LogP contribution in [0.4, 0.5) is 0 Å². The van der Waals surface area contributed by atoms with Gasteiger partial charge in [0, 0.05) is 6.04 Å². The summed E-state index contributed by atoms with van der Waals surface area (Å²) in [6.07, 6.45) is 6.17. The van der Waals surface area contributed by atoms with Crippen molar-refractivity contribution in [1.29, 1.82) is 0 Å². The first-order valence-corrected chi connectivity index (χ1v) is 8.00. The van der Waals surface area contributed by atoms with E-state index in [1.807, 2.05) is 31.2 Å². The summed E-state index contributed by atoms with van der Waals surface area (Å²) in [5.41, 5.74) is 5.93. The number of halogens is 1. The molecule has 2 rings (SSSR count). The zero-order valence-electron chi connectivity index (χ0n) is 12.5. The van der Waals surface area contributed by atoms with Gasteiger partial charge in [0.15, 0.2) is 5.96 Å². The minimum atomic E-state index is -0.0726. The first-order valence-electron chi connectivity index (χ1n) is 7.63. The van der Waals surface area contributed by atoms with E-state index in [4.69, 9.17) is 22.1 Å². The van der Waals surface area contributed by atoms with Crippen molar-refractivity contribution >= 4 is 17.6 Å². The second-order valence-corrected chi connectivity index (χ2v) is 5.97. The summed E-state index contributed by atoms with van der Waals surface area (Å²) < 4.78 is 5.76. The Kier molecular flexibility index (Phi) is 6.18. The third kappa shape index (κ3) is 5.46. The molecule has 0 spiro atoms. The van der Waals surface area contributed by atoms with Gasteiger partial charge in [-0.2, -0.15) is 0 Å². The third-order valence-electron chi connectivity index (χ3n) is 3.64. The highest BCUT2D eigenvalue weighted by atomic mass is 35.5. The molecule has 1 saturated carbocycles. The van der Waals surface area contributed by atoms with Crippen LogP contribution in [0.3, 0.4) is 0 Å². The highest BCUT2D eigenvalue weighted by Gasteiger charge is 2.13. The lowest BCUT2D eigenvalue weighted by Crippen LogP contribution is -2.41. The Morgan fingerprint density at radius 2 is 2.10 bits per heavy atom. The van der Waals surface area contributed by atoms with Crippen LogP contribution in [0.25, 0.3) is 0 Å². The number of guanidine groups is 1. The van der Waals surface area contributed by atoms with E-state index >= 15 is 0 Å². The molecular weight excluding hydrogens is 286 g/mol. The number of nitrogens with two attached hydrogens (primary N) is 1. The molecule has 1 aliphatic rings. The molecule has 0 saturated heterocycles. The van der Waals surface area contributed by atoms with Gasteiger partial charge in [0.05, 0.1) is 11.6 Å². The average molecular weight is 310 g/mol. The lowest BCUT2D eigenvalue weighted by Gasteiger charge is -2.23. The lowest BCUT2D eigenvalue weighted by atomic mass is 9.96. The SMILES string of the molecule is CC(CN=C(N)NC1CCCCC1)Oc1ccccc1Cl. The molecule has 3 N–H and O–H groups in total. The Morgan fingerprint density at radius 1 is 1.38 bits per heavy atom. The first kappa shape index (κ1) is 16.0. The van der Waals surface area contributed by atoms with E-state index in [1.165, 1.54) is 32.1 Å². The summed E-state index contributed by atoms with van der Waals surface area (Å²) in [5.74, 6) is 1.19. The molecule has 1 atom stereocenters. The number of benzene rings is 1. The van der Waals surface area contributed by atoms with E-state index in [-0.39, 0.29) is 6.10 Å². The average Bonchev–Trinajstić information content (AvgIpc) is 2.49. The first-order chi connectivity index (χ1) is 10.1. The zero-order chi connectivity index (χ0) is 15.1. The smallest absolute Gasteiger partial charge is 0.188 e. The van der Waals surface area contributed by atoms with Gasteiger partial charge in [-0.3, -0.25) is 0 Å². The second kappa shape index (κ2) is 8.13. The molecule has 0 aliphatic heterocycles. The molecule has 5 heteroatoms. The Balaban J connectivity index is 1.78. The van der Waals surface area contributed by atoms with E-state index in [2.05, 4.69) is 10.3 Å². The Labute approximate surface area is 131 Å². The molecule has 1 aliphatic carbocycles. The topological polar surface area (TPSA) is 59.6 Å². The fourth-order valence-electron chi connectivity index (χ4n) is 2.52. The molecule has 21 heavy (non-hydrogen) atoms. The van der Waals surface area contributed by atoms with Crippen LogP contribution >= 0.6 is 11.6 Å². The van der Waals surface area contributed by atoms with E-state index < -0.39 is 0 Å². The molecule has 0 heterocycles. The van der Waals surface area contributed by atoms with Crippen LogP contribution in [-0.4, -0.2) is 24.7 Å². The van der Waals surface area contributed by atoms with Crippen LogP contribution in [-0.2, 0) is 0 Å². The predicted molar refractivity (Wildman–Crippen MR) is 88.0 cm³/mol. The zero-order valence-corrected chi connectivity index (χ0v) is 13.3. The van der Waals surface area contributed by atoms with Crippen molar-refractivity contribution in [3.8, 4) is 5.75 Å². The van der Waals surface area contributed by atoms with E-state index in [9.17, 15) is 0 Å². The van der Waals surface area contributed by atoms with Gasteiger partial charge in [0.2, 0.25) is 0 Å². The summed E-state index contributed by atoms with van der Waals surface area (Å²) >= 11 is 6.06. The van der Waals surface area contributed by atoms with E-state index in [0.29, 0.717) is 29.3 Å². The van der Waals surface area contributed by atoms with Crippen molar-refractivity contribution in [3.63, 3.8) is 0 Å². The molecular formula is C16H24ClN3O. The van der Waals surface area contributed by atoms with Gasteiger partial charge in [-0.15, -0.1) is 0 Å². The Morgan fingerprint density at radius 3 is 2.81 bits per heavy atom. The highest BCUT2D eigenvalue weighted by Crippen LogP contribution is 2.24. The maximum absolute atomic E-state index is 6.06. The minimum Gasteiger partial charge on any atom is -0.487 e. The van der Waals surface area contributed by atoms with Crippen LogP contribution in [0.1, 0.15) is 39.0 Å². The van der Waals surface area contributed by atoms with Gasteiger partial charge < -0.3 is 15.8 Å². The quantitative estimate of drug-likeness (QED) is 0.648. The van der Waals surface area contributed by atoms with E-state index in [0.717, 1.165) is 0 Å². The van der Waals surface area contributed by atoms with Crippen molar-refractivity contribution in [2.75, 3.05) is 6.54 Å². The molecule has 0 radical (unpaired) electrons. The molecule has 1 fully saturated rings. The normalized spacial score (nSPS) is 18.3. The van der Waals surface area contributed by atoms with Crippen molar-refractivity contribution in [2.24, 2.45) is 10.7 Å². The number of para-hydroxylation sites is 1. The van der Waals surface area contributed by atoms with Crippen LogP contribution < -0.4 is 15.8 Å². The number of aliphatic imine (C=N–C) groups is 1. The summed E-state index contributed by atoms with van der Waals surface area (Å²) in [6.45, 7) is 2.47. The maximum Gasteiger partial charge on any atom is 0.188 e. The number of hydrogen-bond donors (Lipinski definition) is 2. The summed E-state index contributed by atoms with van der Waals surface area (Å²) in [5, 5.41) is 3.91. The van der Waals surface area contributed by atoms with Crippen molar-refractivity contribution in [1.82, 2.24) is 5.32 Å². The van der Waals surface area contributed by atoms with Crippen molar-refractivity contribution < 1.29 is 4.74 Å². The second-order valence-electron chi connectivity index (χ2n) is 5.56. The predicted octanol–water partition coefficient (Wildman–Crippen LogP) is 3.34. The van der Waals surface area contributed by atoms with E-state index in [1.54, 1.807) is 0 Å². The Bertz CT molecular complexity index is 472. The number of ether oxygens (including phenoxy) is 1. The molecule has 116 valence electrons. The van der Waals surface area contributed by atoms with Crippen molar-refractivity contribution in [3.05, 3.63) is 29.3 Å². The molecule has 4 nitrogen and oxygen atoms in total. The van der Waals surface area contributed by atoms with Gasteiger partial charge >= 0.3 is 0 Å². The van der Waals surface area contributed by atoms with Crippen LogP contribution in [0.5, 0.6) is 5.75 Å². The summed E-state index contributed by atoms with van der Waals surface area (Å²) in [7, 11) is 0. The number of nitrogens with zero attached hydrogens (tertiary/aromatic N) is 1. The number of hydrogen-bond acceptors (Lipinski definition) is 2. The fourth-order valence-corrected chi connectivity index (χ4v) is 2.70. The van der Waals surface area contributed by atoms with Gasteiger partial charge in [-0.25, -0.2) is 4.99 Å². The molecule has 1 unspecified atom stereocenters. The standard InChI is InChI=1S/C16H24ClN3O/c1-12(21-15-10-6-5-9-14(15)17)11-19-16(18)20-13-7-3-2-4-8-13/h5-6,9-10,12-13H,2-4,7-8,11H2,1H3,(H3,18,19,20). The van der Waals surface area contributed by atoms with Crippen LogP contribution in [0, 0.1) is 0 Å². The molecule has 1 aromatic rings. The molecule has 0 aromatic heterocycles. The summed E-state index contributed by atoms with van der Waals surface area (Å²) in [6, 6.07) is 7.92. The highest BCUT2D eigenvalue weighted by molar-refractivity contribution is 6.32. The van der Waals surface area contributed by atoms with Gasteiger partial charge in [0.25, 0.3) is 0 Å². The van der Waals surface area contributed by atoms with Gasteiger partial charge in [0.1, 0.15) is 11.9 Å². The molecule has 0 bridgehead atoms. The largest absolute Gasteiger partial charge is 0.487 e. The Hall–Kier alpha value is -1.42.